The smallest absolute Gasteiger partial charge is 0.264 e. The van der Waals surface area contributed by atoms with E-state index in [0.717, 1.165) is 27.9 Å². The Bertz CT molecular complexity index is 402. The van der Waals surface area contributed by atoms with Gasteiger partial charge in [0.1, 0.15) is 0 Å². The van der Waals surface area contributed by atoms with Crippen LogP contribution in [0.15, 0.2) is 6.07 Å². The maximum atomic E-state index is 12.4. The molecule has 1 aliphatic rings. The highest BCUT2D eigenvalue weighted by Crippen LogP contribution is 2.32. The summed E-state index contributed by atoms with van der Waals surface area (Å²) in [7, 11) is 0. The lowest BCUT2D eigenvalue weighted by Gasteiger charge is -2.26. The number of rotatable bonds is 4. The van der Waals surface area contributed by atoms with Crippen LogP contribution in [0.2, 0.25) is 0 Å². The Morgan fingerprint density at radius 2 is 2.24 bits per heavy atom. The minimum atomic E-state index is 0.136. The van der Waals surface area contributed by atoms with Crippen LogP contribution >= 0.6 is 11.3 Å². The van der Waals surface area contributed by atoms with Crippen LogP contribution in [0.4, 0.5) is 5.69 Å². The summed E-state index contributed by atoms with van der Waals surface area (Å²) in [6, 6.07) is 2.07. The molecule has 94 valence electrons. The van der Waals surface area contributed by atoms with E-state index in [1.54, 1.807) is 0 Å². The van der Waals surface area contributed by atoms with Gasteiger partial charge in [0.15, 0.2) is 0 Å². The first-order valence-corrected chi connectivity index (χ1v) is 6.97. The molecule has 1 aromatic rings. The summed E-state index contributed by atoms with van der Waals surface area (Å²) in [5.74, 6) is 0.858. The third kappa shape index (κ3) is 2.80. The quantitative estimate of drug-likeness (QED) is 0.895. The molecule has 0 unspecified atom stereocenters. The van der Waals surface area contributed by atoms with E-state index in [1.807, 2.05) is 17.9 Å². The van der Waals surface area contributed by atoms with E-state index in [4.69, 9.17) is 5.73 Å². The van der Waals surface area contributed by atoms with Crippen LogP contribution in [-0.2, 0) is 0 Å². The highest BCUT2D eigenvalue weighted by Gasteiger charge is 2.29. The summed E-state index contributed by atoms with van der Waals surface area (Å²) in [4.78, 5) is 16.2. The van der Waals surface area contributed by atoms with Crippen molar-refractivity contribution in [1.29, 1.82) is 0 Å². The molecular formula is C13H20N2OS. The van der Waals surface area contributed by atoms with Crippen molar-refractivity contribution in [2.45, 2.75) is 39.7 Å². The van der Waals surface area contributed by atoms with Crippen LogP contribution in [0.25, 0.3) is 0 Å². The van der Waals surface area contributed by atoms with Crippen molar-refractivity contribution in [2.75, 3.05) is 12.3 Å². The molecule has 2 rings (SSSR count). The van der Waals surface area contributed by atoms with Gasteiger partial charge in [-0.1, -0.05) is 0 Å². The number of thiophene rings is 1. The van der Waals surface area contributed by atoms with Crippen LogP contribution in [0.3, 0.4) is 0 Å². The number of carbonyl (C=O) groups is 1. The molecule has 0 bridgehead atoms. The molecule has 17 heavy (non-hydrogen) atoms. The number of nitrogens with zero attached hydrogens (tertiary/aromatic N) is 1. The fraction of sp³-hybridized carbons (Fsp3) is 0.615. The Hall–Kier alpha value is -1.03. The molecule has 3 nitrogen and oxygen atoms in total. The predicted molar refractivity (Wildman–Crippen MR) is 72.4 cm³/mol. The van der Waals surface area contributed by atoms with Gasteiger partial charge >= 0.3 is 0 Å². The Morgan fingerprint density at radius 3 is 2.65 bits per heavy atom. The van der Waals surface area contributed by atoms with Gasteiger partial charge in [-0.25, -0.2) is 0 Å². The van der Waals surface area contributed by atoms with Crippen molar-refractivity contribution in [3.63, 3.8) is 0 Å². The minimum Gasteiger partial charge on any atom is -0.398 e. The predicted octanol–water partition coefficient (Wildman–Crippen LogP) is 2.90. The zero-order chi connectivity index (χ0) is 12.6. The van der Waals surface area contributed by atoms with Crippen LogP contribution in [0.1, 0.15) is 41.2 Å². The first kappa shape index (κ1) is 12.4. The van der Waals surface area contributed by atoms with Crippen LogP contribution < -0.4 is 5.73 Å². The lowest BCUT2D eigenvalue weighted by molar-refractivity contribution is 0.0701. The van der Waals surface area contributed by atoms with Gasteiger partial charge in [0.25, 0.3) is 5.91 Å². The monoisotopic (exact) mass is 252 g/mol. The molecule has 2 N–H and O–H groups in total. The normalized spacial score (nSPS) is 15.3. The van der Waals surface area contributed by atoms with Gasteiger partial charge in [0.2, 0.25) is 0 Å². The van der Waals surface area contributed by atoms with Gasteiger partial charge < -0.3 is 10.6 Å². The lowest BCUT2D eigenvalue weighted by atomic mass is 10.2. The summed E-state index contributed by atoms with van der Waals surface area (Å²) in [6.45, 7) is 7.00. The largest absolute Gasteiger partial charge is 0.398 e. The molecule has 0 radical (unpaired) electrons. The second-order valence-corrected chi connectivity index (χ2v) is 6.37. The number of anilines is 1. The first-order valence-electron chi connectivity index (χ1n) is 6.16. The number of carbonyl (C=O) groups excluding carboxylic acids is 1. The number of nitrogens with two attached hydrogens (primary N) is 1. The van der Waals surface area contributed by atoms with Crippen LogP contribution in [0, 0.1) is 12.8 Å². The molecule has 1 saturated carbocycles. The van der Waals surface area contributed by atoms with E-state index in [-0.39, 0.29) is 11.9 Å². The maximum Gasteiger partial charge on any atom is 0.264 e. The summed E-state index contributed by atoms with van der Waals surface area (Å²) < 4.78 is 0. The van der Waals surface area contributed by atoms with E-state index in [9.17, 15) is 4.79 Å². The van der Waals surface area contributed by atoms with Gasteiger partial charge in [0, 0.05) is 23.2 Å². The average Bonchev–Trinajstić information content (AvgIpc) is 3.01. The molecule has 1 amide bonds. The van der Waals surface area contributed by atoms with Gasteiger partial charge in [-0.2, -0.15) is 0 Å². The summed E-state index contributed by atoms with van der Waals surface area (Å²) >= 11 is 1.50. The Kier molecular flexibility index (Phi) is 3.43. The summed E-state index contributed by atoms with van der Waals surface area (Å²) in [5.41, 5.74) is 6.54. The fourth-order valence-corrected chi connectivity index (χ4v) is 2.75. The summed E-state index contributed by atoms with van der Waals surface area (Å²) in [5, 5.41) is 0. The molecule has 1 aromatic heterocycles. The molecular weight excluding hydrogens is 232 g/mol. The molecule has 1 aliphatic carbocycles. The Morgan fingerprint density at radius 1 is 1.59 bits per heavy atom. The second kappa shape index (κ2) is 4.69. The molecule has 0 aliphatic heterocycles. The molecule has 1 fully saturated rings. The number of hydrogen-bond donors (Lipinski definition) is 1. The topological polar surface area (TPSA) is 46.3 Å². The van der Waals surface area contributed by atoms with Crippen molar-refractivity contribution >= 4 is 22.9 Å². The Labute approximate surface area is 107 Å². The van der Waals surface area contributed by atoms with E-state index in [2.05, 4.69) is 13.8 Å². The molecule has 1 heterocycles. The number of aryl methyl sites for hydroxylation is 1. The van der Waals surface area contributed by atoms with Crippen molar-refractivity contribution in [2.24, 2.45) is 5.92 Å². The minimum absolute atomic E-state index is 0.136. The molecule has 4 heteroatoms. The van der Waals surface area contributed by atoms with Gasteiger partial charge in [-0.15, -0.1) is 11.3 Å². The number of hydrogen-bond acceptors (Lipinski definition) is 3. The van der Waals surface area contributed by atoms with Crippen molar-refractivity contribution in [1.82, 2.24) is 4.90 Å². The SMILES string of the molecule is Cc1sc(C(=O)N(CC2CC2)C(C)C)cc1N. The third-order valence-electron chi connectivity index (χ3n) is 3.20. The molecule has 0 aromatic carbocycles. The second-order valence-electron chi connectivity index (χ2n) is 5.12. The number of amides is 1. The third-order valence-corrected chi connectivity index (χ3v) is 4.26. The van der Waals surface area contributed by atoms with Gasteiger partial charge in [-0.3, -0.25) is 4.79 Å². The molecule has 0 spiro atoms. The summed E-state index contributed by atoms with van der Waals surface area (Å²) in [6.07, 6.45) is 2.53. The molecule has 0 atom stereocenters. The van der Waals surface area contributed by atoms with Gasteiger partial charge in [-0.05, 0) is 45.6 Å². The molecule has 0 saturated heterocycles. The van der Waals surface area contributed by atoms with Crippen molar-refractivity contribution in [3.05, 3.63) is 15.8 Å². The first-order chi connectivity index (χ1) is 7.99. The van der Waals surface area contributed by atoms with Crippen LogP contribution in [-0.4, -0.2) is 23.4 Å². The maximum absolute atomic E-state index is 12.4. The van der Waals surface area contributed by atoms with Crippen molar-refractivity contribution < 1.29 is 4.79 Å². The fourth-order valence-electron chi connectivity index (χ4n) is 1.85. The highest BCUT2D eigenvalue weighted by atomic mass is 32.1. The van der Waals surface area contributed by atoms with E-state index < -0.39 is 0 Å². The van der Waals surface area contributed by atoms with Crippen LogP contribution in [0.5, 0.6) is 0 Å². The van der Waals surface area contributed by atoms with Gasteiger partial charge in [0.05, 0.1) is 4.88 Å². The van der Waals surface area contributed by atoms with E-state index >= 15 is 0 Å². The van der Waals surface area contributed by atoms with E-state index in [0.29, 0.717) is 0 Å². The number of nitrogen functional groups attached to an aromatic ring is 1. The van der Waals surface area contributed by atoms with Crippen molar-refractivity contribution in [3.8, 4) is 0 Å². The standard InChI is InChI=1S/C13H20N2OS/c1-8(2)15(7-10-4-5-10)13(16)12-6-11(14)9(3)17-12/h6,8,10H,4-5,7,14H2,1-3H3. The zero-order valence-electron chi connectivity index (χ0n) is 10.7. The average molecular weight is 252 g/mol. The van der Waals surface area contributed by atoms with E-state index in [1.165, 1.54) is 24.2 Å². The Balaban J connectivity index is 2.14. The zero-order valence-corrected chi connectivity index (χ0v) is 11.5. The highest BCUT2D eigenvalue weighted by molar-refractivity contribution is 7.14. The lowest BCUT2D eigenvalue weighted by Crippen LogP contribution is -2.38.